The summed E-state index contributed by atoms with van der Waals surface area (Å²) in [5.41, 5.74) is 4.69. The van der Waals surface area contributed by atoms with Gasteiger partial charge < -0.3 is 4.74 Å². The van der Waals surface area contributed by atoms with Gasteiger partial charge in [-0.3, -0.25) is 19.8 Å². The number of anilines is 1. The van der Waals surface area contributed by atoms with Gasteiger partial charge in [-0.2, -0.15) is 5.10 Å². The molecule has 0 radical (unpaired) electrons. The molecule has 1 unspecified atom stereocenters. The molecule has 0 fully saturated rings. The number of nitrogens with one attached hydrogen (secondary N) is 1. The molecule has 0 aliphatic carbocycles. The number of pyridine rings is 2. The van der Waals surface area contributed by atoms with E-state index in [1.165, 1.54) is 0 Å². The fourth-order valence-corrected chi connectivity index (χ4v) is 3.23. The number of rotatable bonds is 3. The number of hydrogen-bond donors (Lipinski definition) is 1. The minimum Gasteiger partial charge on any atom is -0.495 e. The molecule has 25 heavy (non-hydrogen) atoms. The molecule has 3 aromatic heterocycles. The van der Waals surface area contributed by atoms with E-state index >= 15 is 0 Å². The zero-order valence-electron chi connectivity index (χ0n) is 14.1. The Hall–Kier alpha value is -3.22. The highest BCUT2D eigenvalue weighted by atomic mass is 16.5. The van der Waals surface area contributed by atoms with Gasteiger partial charge in [0.2, 0.25) is 0 Å². The van der Waals surface area contributed by atoms with Crippen LogP contribution in [0.15, 0.2) is 36.9 Å². The number of nitrogens with zero attached hydrogens (tertiary/aromatic N) is 4. The first kappa shape index (κ1) is 15.3. The zero-order chi connectivity index (χ0) is 17.6. The zero-order valence-corrected chi connectivity index (χ0v) is 14.1. The molecule has 1 atom stereocenters. The first-order valence-electron chi connectivity index (χ1n) is 7.93. The minimum absolute atomic E-state index is 0.0517. The number of aryl methyl sites for hydroxylation is 1. The number of carbonyl (C=O) groups is 1. The molecule has 1 N–H and O–H groups in total. The van der Waals surface area contributed by atoms with E-state index in [-0.39, 0.29) is 11.9 Å². The largest absolute Gasteiger partial charge is 0.495 e. The summed E-state index contributed by atoms with van der Waals surface area (Å²) in [6.07, 6.45) is 6.74. The Balaban J connectivity index is 1.82. The number of fused-ring (bicyclic) bond motifs is 1. The van der Waals surface area contributed by atoms with Crippen molar-refractivity contribution in [1.82, 2.24) is 20.2 Å². The number of aromatic amines is 1. The van der Waals surface area contributed by atoms with Gasteiger partial charge in [0.05, 0.1) is 48.2 Å². The van der Waals surface area contributed by atoms with Crippen molar-refractivity contribution in [3.63, 3.8) is 0 Å². The highest BCUT2D eigenvalue weighted by Gasteiger charge is 2.38. The van der Waals surface area contributed by atoms with Crippen LogP contribution in [0.25, 0.3) is 11.3 Å². The molecule has 126 valence electrons. The molecule has 0 saturated heterocycles. The van der Waals surface area contributed by atoms with Gasteiger partial charge in [-0.1, -0.05) is 0 Å². The topological polar surface area (TPSA) is 84.0 Å². The monoisotopic (exact) mass is 335 g/mol. The molecule has 1 amide bonds. The van der Waals surface area contributed by atoms with Gasteiger partial charge in [0, 0.05) is 18.0 Å². The van der Waals surface area contributed by atoms with Crippen molar-refractivity contribution in [2.75, 3.05) is 12.0 Å². The summed E-state index contributed by atoms with van der Waals surface area (Å²) in [5, 5.41) is 6.70. The lowest BCUT2D eigenvalue weighted by atomic mass is 10.0. The van der Waals surface area contributed by atoms with E-state index in [4.69, 9.17) is 9.72 Å². The second-order valence-electron chi connectivity index (χ2n) is 6.01. The van der Waals surface area contributed by atoms with Gasteiger partial charge in [0.15, 0.2) is 0 Å². The van der Waals surface area contributed by atoms with Crippen LogP contribution in [-0.4, -0.2) is 33.2 Å². The lowest BCUT2D eigenvalue weighted by molar-refractivity contribution is 0.0992. The molecule has 3 aromatic rings. The van der Waals surface area contributed by atoms with Crippen LogP contribution in [0.2, 0.25) is 0 Å². The number of hydrogen-bond acceptors (Lipinski definition) is 5. The van der Waals surface area contributed by atoms with Crippen molar-refractivity contribution < 1.29 is 9.53 Å². The van der Waals surface area contributed by atoms with E-state index in [9.17, 15) is 4.79 Å². The summed E-state index contributed by atoms with van der Waals surface area (Å²) in [7, 11) is 1.60. The Bertz CT molecular complexity index is 952. The molecule has 1 aliphatic heterocycles. The third-order valence-electron chi connectivity index (χ3n) is 4.47. The smallest absolute Gasteiger partial charge is 0.261 e. The number of methoxy groups -OCH3 is 1. The molecular formula is C18H17N5O2. The second kappa shape index (κ2) is 5.70. The van der Waals surface area contributed by atoms with Crippen LogP contribution in [0.3, 0.4) is 0 Å². The SMILES string of the molecule is COc1cncc(-c2cc(C)c3c(n2)C(C)N(c2cn[nH]c2)C3=O)c1. The van der Waals surface area contributed by atoms with Gasteiger partial charge >= 0.3 is 0 Å². The van der Waals surface area contributed by atoms with Gasteiger partial charge in [0.1, 0.15) is 5.75 Å². The summed E-state index contributed by atoms with van der Waals surface area (Å²) < 4.78 is 5.24. The number of amides is 1. The molecular weight excluding hydrogens is 318 g/mol. The number of H-pyrrole nitrogens is 1. The van der Waals surface area contributed by atoms with E-state index in [0.717, 1.165) is 28.2 Å². The van der Waals surface area contributed by atoms with E-state index in [1.54, 1.807) is 36.8 Å². The average molecular weight is 335 g/mol. The summed E-state index contributed by atoms with van der Waals surface area (Å²) >= 11 is 0. The van der Waals surface area contributed by atoms with Crippen molar-refractivity contribution in [3.05, 3.63) is 53.7 Å². The van der Waals surface area contributed by atoms with E-state index in [1.807, 2.05) is 26.0 Å². The number of carbonyl (C=O) groups excluding carboxylic acids is 1. The van der Waals surface area contributed by atoms with Crippen LogP contribution in [-0.2, 0) is 0 Å². The number of ether oxygens (including phenoxy) is 1. The Labute approximate surface area is 144 Å². The number of aromatic nitrogens is 4. The van der Waals surface area contributed by atoms with Crippen LogP contribution in [0, 0.1) is 6.92 Å². The van der Waals surface area contributed by atoms with Gasteiger partial charge in [0.25, 0.3) is 5.91 Å². The lowest BCUT2D eigenvalue weighted by Gasteiger charge is -2.19. The standard InChI is InChI=1S/C18H17N5O2/c1-10-4-15(12-5-14(25-3)9-19-6-12)22-17-11(2)23(18(24)16(10)17)13-7-20-21-8-13/h4-9,11H,1-3H3,(H,20,21). The van der Waals surface area contributed by atoms with Crippen LogP contribution in [0.5, 0.6) is 5.75 Å². The van der Waals surface area contributed by atoms with Crippen molar-refractivity contribution in [3.8, 4) is 17.0 Å². The molecule has 7 nitrogen and oxygen atoms in total. The third-order valence-corrected chi connectivity index (χ3v) is 4.47. The normalized spacial score (nSPS) is 16.2. The van der Waals surface area contributed by atoms with Crippen LogP contribution >= 0.6 is 0 Å². The Morgan fingerprint density at radius 2 is 2.08 bits per heavy atom. The van der Waals surface area contributed by atoms with Crippen molar-refractivity contribution in [2.24, 2.45) is 0 Å². The van der Waals surface area contributed by atoms with Gasteiger partial charge in [-0.25, -0.2) is 4.98 Å². The van der Waals surface area contributed by atoms with Gasteiger partial charge in [-0.15, -0.1) is 0 Å². The maximum atomic E-state index is 12.9. The first-order chi connectivity index (χ1) is 12.1. The maximum absolute atomic E-state index is 12.9. The molecule has 4 rings (SSSR count). The molecule has 0 saturated carbocycles. The quantitative estimate of drug-likeness (QED) is 0.795. The predicted octanol–water partition coefficient (Wildman–Crippen LogP) is 2.91. The van der Waals surface area contributed by atoms with Crippen LogP contribution < -0.4 is 9.64 Å². The molecule has 1 aliphatic rings. The van der Waals surface area contributed by atoms with Crippen molar-refractivity contribution in [2.45, 2.75) is 19.9 Å². The van der Waals surface area contributed by atoms with Crippen LogP contribution in [0.4, 0.5) is 5.69 Å². The molecule has 0 spiro atoms. The lowest BCUT2D eigenvalue weighted by Crippen LogP contribution is -2.25. The Morgan fingerprint density at radius 1 is 1.24 bits per heavy atom. The van der Waals surface area contributed by atoms with Crippen LogP contribution in [0.1, 0.15) is 34.6 Å². The average Bonchev–Trinajstić information content (AvgIpc) is 3.22. The highest BCUT2D eigenvalue weighted by Crippen LogP contribution is 2.38. The molecule has 4 heterocycles. The summed E-state index contributed by atoms with van der Waals surface area (Å²) in [6, 6.07) is 3.63. The first-order valence-corrected chi connectivity index (χ1v) is 7.93. The third kappa shape index (κ3) is 2.36. The highest BCUT2D eigenvalue weighted by molar-refractivity contribution is 6.11. The van der Waals surface area contributed by atoms with E-state index in [2.05, 4.69) is 15.2 Å². The summed E-state index contributed by atoms with van der Waals surface area (Å²) in [5.74, 6) is 0.616. The molecule has 0 aromatic carbocycles. The van der Waals surface area contributed by atoms with Gasteiger partial charge in [-0.05, 0) is 31.5 Å². The minimum atomic E-state index is -0.169. The molecule has 7 heteroatoms. The Kier molecular flexibility index (Phi) is 3.49. The summed E-state index contributed by atoms with van der Waals surface area (Å²) in [4.78, 5) is 23.5. The van der Waals surface area contributed by atoms with E-state index in [0.29, 0.717) is 11.3 Å². The van der Waals surface area contributed by atoms with E-state index < -0.39 is 0 Å². The predicted molar refractivity (Wildman–Crippen MR) is 92.6 cm³/mol. The Morgan fingerprint density at radius 3 is 2.80 bits per heavy atom. The fraction of sp³-hybridized carbons (Fsp3) is 0.222. The summed E-state index contributed by atoms with van der Waals surface area (Å²) in [6.45, 7) is 3.90. The maximum Gasteiger partial charge on any atom is 0.261 e. The van der Waals surface area contributed by atoms with Crippen molar-refractivity contribution >= 4 is 11.6 Å². The fourth-order valence-electron chi connectivity index (χ4n) is 3.23. The van der Waals surface area contributed by atoms with Crippen molar-refractivity contribution in [1.29, 1.82) is 0 Å². The second-order valence-corrected chi connectivity index (χ2v) is 6.01. The molecule has 0 bridgehead atoms.